The van der Waals surface area contributed by atoms with Crippen LogP contribution >= 0.6 is 0 Å². The molecule has 0 amide bonds. The van der Waals surface area contributed by atoms with Crippen LogP contribution < -0.4 is 0 Å². The summed E-state index contributed by atoms with van der Waals surface area (Å²) in [6.07, 6.45) is 15.4. The Kier molecular flexibility index (Phi) is 31.6. The molecule has 12 nitrogen and oxygen atoms in total. The first-order chi connectivity index (χ1) is 34.8. The number of hydrogen-bond donors (Lipinski definition) is 0. The van der Waals surface area contributed by atoms with Crippen LogP contribution in [-0.4, -0.2) is 75.5 Å². The fourth-order valence-corrected chi connectivity index (χ4v) is 9.17. The van der Waals surface area contributed by atoms with Crippen molar-refractivity contribution in [2.24, 2.45) is 23.7 Å². The lowest BCUT2D eigenvalue weighted by Crippen LogP contribution is -2.26. The summed E-state index contributed by atoms with van der Waals surface area (Å²) in [5, 5.41) is 0. The molecule has 12 heteroatoms. The molecule has 0 heterocycles. The zero-order chi connectivity index (χ0) is 53.3. The van der Waals surface area contributed by atoms with Crippen LogP contribution in [0.5, 0.6) is 0 Å². The van der Waals surface area contributed by atoms with Crippen LogP contribution in [0.1, 0.15) is 170 Å². The molecular formula is C60H88O12. The number of benzene rings is 2. The van der Waals surface area contributed by atoms with Gasteiger partial charge in [-0.3, -0.25) is 0 Å². The van der Waals surface area contributed by atoms with Crippen LogP contribution in [0.4, 0.5) is 0 Å². The first-order valence-electron chi connectivity index (χ1n) is 27.1. The first kappa shape index (κ1) is 62.6. The summed E-state index contributed by atoms with van der Waals surface area (Å²) in [7, 11) is 0. The van der Waals surface area contributed by atoms with E-state index in [1.54, 1.807) is 27.7 Å². The Balaban J connectivity index is 0.000000375. The van der Waals surface area contributed by atoms with Crippen molar-refractivity contribution >= 4 is 35.8 Å². The van der Waals surface area contributed by atoms with Crippen molar-refractivity contribution in [1.29, 1.82) is 0 Å². The summed E-state index contributed by atoms with van der Waals surface area (Å²) in [5.41, 5.74) is 4.82. The normalized spacial score (nSPS) is 16.0. The van der Waals surface area contributed by atoms with E-state index in [0.717, 1.165) is 75.3 Å². The summed E-state index contributed by atoms with van der Waals surface area (Å²) in [4.78, 5) is 75.5. The van der Waals surface area contributed by atoms with Gasteiger partial charge in [0.15, 0.2) is 0 Å². The minimum atomic E-state index is -0.477. The van der Waals surface area contributed by atoms with Crippen LogP contribution in [0, 0.1) is 23.7 Å². The molecule has 2 aromatic rings. The van der Waals surface area contributed by atoms with E-state index in [-0.39, 0.29) is 48.8 Å². The maximum atomic E-state index is 12.9. The van der Waals surface area contributed by atoms with E-state index in [1.807, 2.05) is 102 Å². The van der Waals surface area contributed by atoms with E-state index in [4.69, 9.17) is 28.4 Å². The zero-order valence-electron chi connectivity index (χ0n) is 45.5. The van der Waals surface area contributed by atoms with Crippen LogP contribution in [0.2, 0.25) is 0 Å². The highest BCUT2D eigenvalue weighted by atomic mass is 16.6. The molecule has 4 rings (SSSR count). The number of rotatable bonds is 22. The molecule has 0 bridgehead atoms. The van der Waals surface area contributed by atoms with E-state index >= 15 is 0 Å². The lowest BCUT2D eigenvalue weighted by molar-refractivity contribution is -0.143. The Bertz CT molecular complexity index is 1890. The van der Waals surface area contributed by atoms with Gasteiger partial charge >= 0.3 is 35.8 Å². The standard InChI is InChI=1S/C22H24O4.C22H36O4.C16H28O4/c1-3-25-21(23)19(15-17-11-7-5-8-12-17)20(22(24)26-4-2)16-18-13-9-6-10-14-18;1-3-25-21(23)19(17-13-9-5-6-10-14-17)20(22(24)26-4-2)18-15-11-7-8-12-16-18;1-7-11(5)13(15(17)19-9-3)14(12(6)8-2)16(18)20-10-4/h5-14H,3-4,15-16H2,1-2H3;17-18H,3-16H2,1-2H3;11-12H,7-10H2,1-6H3. The third kappa shape index (κ3) is 21.3. The average molecular weight is 1000 g/mol. The summed E-state index contributed by atoms with van der Waals surface area (Å²) < 4.78 is 31.5. The SMILES string of the molecule is CCOC(=O)C(=C(C(=O)OCC)C(C)CC)C(C)CC.CCOC(=O)C(=C(C(=O)OCC)C1CCCCCC1)C1CCCCCC1.CCOC(=O)C(Cc1ccccc1)=C(Cc1ccccc1)C(=O)OCC. The first-order valence-corrected chi connectivity index (χ1v) is 27.1. The Labute approximate surface area is 432 Å². The molecule has 2 atom stereocenters. The lowest BCUT2D eigenvalue weighted by Gasteiger charge is -2.25. The molecule has 2 unspecified atom stereocenters. The predicted octanol–water partition coefficient (Wildman–Crippen LogP) is 12.7. The van der Waals surface area contributed by atoms with Crippen molar-refractivity contribution in [3.8, 4) is 0 Å². The van der Waals surface area contributed by atoms with Gasteiger partial charge in [-0.2, -0.15) is 0 Å². The zero-order valence-corrected chi connectivity index (χ0v) is 45.5. The molecule has 2 saturated carbocycles. The highest BCUT2D eigenvalue weighted by molar-refractivity contribution is 6.02. The summed E-state index contributed by atoms with van der Waals surface area (Å²) >= 11 is 0. The van der Waals surface area contributed by atoms with E-state index in [0.29, 0.717) is 72.7 Å². The van der Waals surface area contributed by atoms with Crippen LogP contribution in [-0.2, 0) is 70.0 Å². The Morgan fingerprint density at radius 3 is 0.917 bits per heavy atom. The Morgan fingerprint density at radius 1 is 0.389 bits per heavy atom. The summed E-state index contributed by atoms with van der Waals surface area (Å²) in [6.45, 7) is 20.3. The molecule has 0 aromatic heterocycles. The molecule has 0 N–H and O–H groups in total. The third-order valence-electron chi connectivity index (χ3n) is 13.2. The van der Waals surface area contributed by atoms with E-state index < -0.39 is 23.9 Å². The second-order valence-corrected chi connectivity index (χ2v) is 18.3. The van der Waals surface area contributed by atoms with Gasteiger partial charge in [-0.15, -0.1) is 0 Å². The molecule has 2 aromatic carbocycles. The monoisotopic (exact) mass is 1000 g/mol. The van der Waals surface area contributed by atoms with Crippen molar-refractivity contribution in [3.63, 3.8) is 0 Å². The van der Waals surface area contributed by atoms with Gasteiger partial charge in [-0.25, -0.2) is 28.8 Å². The molecule has 2 aliphatic carbocycles. The van der Waals surface area contributed by atoms with Crippen LogP contribution in [0.25, 0.3) is 0 Å². The van der Waals surface area contributed by atoms with E-state index in [9.17, 15) is 28.8 Å². The number of ether oxygens (including phenoxy) is 6. The molecule has 0 radical (unpaired) electrons. The fourth-order valence-electron chi connectivity index (χ4n) is 9.17. The number of esters is 6. The van der Waals surface area contributed by atoms with E-state index in [2.05, 4.69) is 0 Å². The lowest BCUT2D eigenvalue weighted by atomic mass is 9.81. The van der Waals surface area contributed by atoms with Crippen molar-refractivity contribution in [3.05, 3.63) is 105 Å². The van der Waals surface area contributed by atoms with Crippen molar-refractivity contribution in [1.82, 2.24) is 0 Å². The maximum absolute atomic E-state index is 12.9. The quantitative estimate of drug-likeness (QED) is 0.0476. The molecule has 72 heavy (non-hydrogen) atoms. The van der Waals surface area contributed by atoms with Crippen LogP contribution in [0.3, 0.4) is 0 Å². The third-order valence-corrected chi connectivity index (χ3v) is 13.2. The number of carbonyl (C=O) groups is 6. The molecule has 0 aliphatic heterocycles. The van der Waals surface area contributed by atoms with Gasteiger partial charge in [-0.05, 0) is 115 Å². The van der Waals surface area contributed by atoms with Crippen molar-refractivity contribution in [2.45, 2.75) is 172 Å². The summed E-state index contributed by atoms with van der Waals surface area (Å²) in [6, 6.07) is 19.1. The number of carbonyl (C=O) groups excluding carboxylic acids is 6. The average Bonchev–Trinajstić information content (AvgIpc) is 3.83. The molecule has 2 fully saturated rings. The molecule has 0 spiro atoms. The Morgan fingerprint density at radius 2 is 0.653 bits per heavy atom. The molecule has 0 saturated heterocycles. The van der Waals surface area contributed by atoms with Crippen molar-refractivity contribution < 1.29 is 57.2 Å². The molecule has 400 valence electrons. The smallest absolute Gasteiger partial charge is 0.334 e. The topological polar surface area (TPSA) is 158 Å². The minimum absolute atomic E-state index is 0.0255. The second kappa shape index (κ2) is 36.4. The largest absolute Gasteiger partial charge is 0.463 e. The van der Waals surface area contributed by atoms with Gasteiger partial charge in [0.2, 0.25) is 0 Å². The second-order valence-electron chi connectivity index (χ2n) is 18.3. The van der Waals surface area contributed by atoms with Gasteiger partial charge in [0, 0.05) is 12.8 Å². The van der Waals surface area contributed by atoms with Crippen molar-refractivity contribution in [2.75, 3.05) is 39.6 Å². The van der Waals surface area contributed by atoms with Crippen LogP contribution in [0.15, 0.2) is 94.1 Å². The van der Waals surface area contributed by atoms with Gasteiger partial charge in [-0.1, -0.05) is 140 Å². The van der Waals surface area contributed by atoms with Gasteiger partial charge in [0.1, 0.15) is 0 Å². The Hall–Kier alpha value is -5.52. The summed E-state index contributed by atoms with van der Waals surface area (Å²) in [5.74, 6) is -2.09. The molecular weight excluding hydrogens is 913 g/mol. The number of hydrogen-bond acceptors (Lipinski definition) is 12. The minimum Gasteiger partial charge on any atom is -0.463 e. The maximum Gasteiger partial charge on any atom is 0.334 e. The fraction of sp³-hybridized carbons (Fsp3) is 0.600. The van der Waals surface area contributed by atoms with Gasteiger partial charge in [0.05, 0.1) is 73.1 Å². The van der Waals surface area contributed by atoms with Gasteiger partial charge < -0.3 is 28.4 Å². The van der Waals surface area contributed by atoms with E-state index in [1.165, 1.54) is 25.7 Å². The molecule has 2 aliphatic rings. The highest BCUT2D eigenvalue weighted by Crippen LogP contribution is 2.38. The predicted molar refractivity (Wildman–Crippen MR) is 282 cm³/mol. The van der Waals surface area contributed by atoms with Gasteiger partial charge in [0.25, 0.3) is 0 Å². The highest BCUT2D eigenvalue weighted by Gasteiger charge is 2.35.